The van der Waals surface area contributed by atoms with Crippen LogP contribution in [0.2, 0.25) is 5.02 Å². The number of thiazole rings is 1. The van der Waals surface area contributed by atoms with Gasteiger partial charge < -0.3 is 0 Å². The molecule has 0 aromatic carbocycles. The van der Waals surface area contributed by atoms with Crippen LogP contribution in [0.25, 0.3) is 20.0 Å². The van der Waals surface area contributed by atoms with Crippen molar-refractivity contribution in [2.24, 2.45) is 0 Å². The summed E-state index contributed by atoms with van der Waals surface area (Å²) in [6, 6.07) is 3.87. The molecule has 3 rings (SSSR count). The number of hydrogen-bond acceptors (Lipinski definition) is 4. The predicted molar refractivity (Wildman–Crippen MR) is 65.7 cm³/mol. The van der Waals surface area contributed by atoms with E-state index in [4.69, 9.17) is 11.6 Å². The minimum absolute atomic E-state index is 0.765. The Morgan fingerprint density at radius 3 is 2.93 bits per heavy atom. The van der Waals surface area contributed by atoms with Crippen LogP contribution in [0.15, 0.2) is 30.0 Å². The van der Waals surface area contributed by atoms with Gasteiger partial charge in [-0.1, -0.05) is 11.6 Å². The average Bonchev–Trinajstić information content (AvgIpc) is 2.86. The molecule has 2 nitrogen and oxygen atoms in total. The summed E-state index contributed by atoms with van der Waals surface area (Å²) in [5.41, 5.74) is 2.78. The zero-order valence-electron chi connectivity index (χ0n) is 7.48. The molecular weight excluding hydrogens is 248 g/mol. The first kappa shape index (κ1) is 9.27. The summed E-state index contributed by atoms with van der Waals surface area (Å²) in [5, 5.41) is 0.765. The maximum Gasteiger partial charge on any atom is 0.0831 e. The van der Waals surface area contributed by atoms with Crippen LogP contribution in [0.3, 0.4) is 0 Å². The first-order chi connectivity index (χ1) is 7.34. The molecule has 0 spiro atoms. The van der Waals surface area contributed by atoms with E-state index in [1.165, 1.54) is 4.88 Å². The first-order valence-electron chi connectivity index (χ1n) is 4.27. The van der Waals surface area contributed by atoms with Gasteiger partial charge in [-0.05, 0) is 12.1 Å². The second-order valence-electron chi connectivity index (χ2n) is 2.98. The zero-order chi connectivity index (χ0) is 10.3. The van der Waals surface area contributed by atoms with Gasteiger partial charge in [0, 0.05) is 17.3 Å². The van der Waals surface area contributed by atoms with Gasteiger partial charge >= 0.3 is 0 Å². The highest BCUT2D eigenvalue weighted by molar-refractivity contribution is 7.26. The number of hydrogen-bond donors (Lipinski definition) is 0. The molecule has 0 N–H and O–H groups in total. The number of thiophene rings is 1. The predicted octanol–water partition coefficient (Wildman–Crippen LogP) is 4.07. The van der Waals surface area contributed by atoms with Crippen molar-refractivity contribution < 1.29 is 0 Å². The Kier molecular flexibility index (Phi) is 2.20. The molecule has 0 aliphatic rings. The second-order valence-corrected chi connectivity index (χ2v) is 5.33. The number of halogens is 1. The molecule has 15 heavy (non-hydrogen) atoms. The van der Waals surface area contributed by atoms with Crippen molar-refractivity contribution in [2.45, 2.75) is 0 Å². The smallest absolute Gasteiger partial charge is 0.0831 e. The van der Waals surface area contributed by atoms with Crippen molar-refractivity contribution in [1.29, 1.82) is 0 Å². The third-order valence-electron chi connectivity index (χ3n) is 2.04. The van der Waals surface area contributed by atoms with E-state index in [-0.39, 0.29) is 0 Å². The van der Waals surface area contributed by atoms with E-state index in [1.54, 1.807) is 28.9 Å². The fraction of sp³-hybridized carbons (Fsp3) is 0. The van der Waals surface area contributed by atoms with Gasteiger partial charge in [0.15, 0.2) is 0 Å². The molecule has 3 aromatic rings. The van der Waals surface area contributed by atoms with Crippen molar-refractivity contribution >= 4 is 44.5 Å². The maximum absolute atomic E-state index is 6.09. The number of pyridine rings is 1. The highest BCUT2D eigenvalue weighted by atomic mass is 35.5. The van der Waals surface area contributed by atoms with Gasteiger partial charge in [0.2, 0.25) is 0 Å². The standard InChI is InChI=1S/C10H5ClN2S2/c11-6-1-2-13-7-3-8(15-10(6)7)9-4-12-5-14-9/h1-5H. The van der Waals surface area contributed by atoms with Gasteiger partial charge in [0.05, 0.1) is 25.6 Å². The lowest BCUT2D eigenvalue weighted by atomic mass is 10.3. The number of fused-ring (bicyclic) bond motifs is 1. The molecule has 0 atom stereocenters. The number of nitrogens with zero attached hydrogens (tertiary/aromatic N) is 2. The molecule has 0 unspecified atom stereocenters. The lowest BCUT2D eigenvalue weighted by molar-refractivity contribution is 1.42. The third kappa shape index (κ3) is 1.55. The van der Waals surface area contributed by atoms with Gasteiger partial charge in [0.1, 0.15) is 0 Å². The summed E-state index contributed by atoms with van der Waals surface area (Å²) in [4.78, 5) is 10.7. The number of aromatic nitrogens is 2. The van der Waals surface area contributed by atoms with E-state index in [0.717, 1.165) is 20.1 Å². The maximum atomic E-state index is 6.09. The van der Waals surface area contributed by atoms with Gasteiger partial charge in [-0.25, -0.2) is 0 Å². The van der Waals surface area contributed by atoms with E-state index >= 15 is 0 Å². The molecule has 0 aliphatic heterocycles. The molecule has 5 heteroatoms. The van der Waals surface area contributed by atoms with Crippen LogP contribution in [0.5, 0.6) is 0 Å². The number of rotatable bonds is 1. The fourth-order valence-electron chi connectivity index (χ4n) is 1.37. The van der Waals surface area contributed by atoms with Crippen LogP contribution in [0.4, 0.5) is 0 Å². The van der Waals surface area contributed by atoms with Crippen molar-refractivity contribution in [1.82, 2.24) is 9.97 Å². The minimum atomic E-state index is 0.765. The topological polar surface area (TPSA) is 25.8 Å². The monoisotopic (exact) mass is 252 g/mol. The molecule has 0 radical (unpaired) electrons. The third-order valence-corrected chi connectivity index (χ3v) is 4.59. The molecule has 0 fully saturated rings. The Bertz CT molecular complexity index is 601. The first-order valence-corrected chi connectivity index (χ1v) is 6.35. The van der Waals surface area contributed by atoms with E-state index in [0.29, 0.717) is 0 Å². The lowest BCUT2D eigenvalue weighted by Crippen LogP contribution is -1.69. The summed E-state index contributed by atoms with van der Waals surface area (Å²) in [5.74, 6) is 0. The highest BCUT2D eigenvalue weighted by Gasteiger charge is 2.08. The van der Waals surface area contributed by atoms with Gasteiger partial charge in [-0.2, -0.15) is 0 Å². The van der Waals surface area contributed by atoms with Crippen molar-refractivity contribution in [3.8, 4) is 9.75 Å². The molecule has 0 aliphatic carbocycles. The molecule has 0 saturated heterocycles. The highest BCUT2D eigenvalue weighted by Crippen LogP contribution is 2.37. The van der Waals surface area contributed by atoms with Gasteiger partial charge in [-0.3, -0.25) is 9.97 Å². The molecule has 74 valence electrons. The fourth-order valence-corrected chi connectivity index (χ4v) is 3.36. The molecule has 0 saturated carbocycles. The van der Waals surface area contributed by atoms with E-state index in [9.17, 15) is 0 Å². The van der Waals surface area contributed by atoms with Crippen LogP contribution in [0, 0.1) is 0 Å². The van der Waals surface area contributed by atoms with Crippen LogP contribution >= 0.6 is 34.3 Å². The summed E-state index contributed by atoms with van der Waals surface area (Å²) in [6.45, 7) is 0. The van der Waals surface area contributed by atoms with Crippen LogP contribution in [0.1, 0.15) is 0 Å². The van der Waals surface area contributed by atoms with Gasteiger partial charge in [-0.15, -0.1) is 22.7 Å². The van der Waals surface area contributed by atoms with Crippen LogP contribution in [-0.4, -0.2) is 9.97 Å². The van der Waals surface area contributed by atoms with Crippen molar-refractivity contribution in [3.63, 3.8) is 0 Å². The molecule has 0 amide bonds. The quantitative estimate of drug-likeness (QED) is 0.652. The summed E-state index contributed by atoms with van der Waals surface area (Å²) in [6.07, 6.45) is 3.59. The molecule has 0 bridgehead atoms. The average molecular weight is 253 g/mol. The molecule has 3 aromatic heterocycles. The summed E-state index contributed by atoms with van der Waals surface area (Å²) in [7, 11) is 0. The normalized spacial score (nSPS) is 11.0. The summed E-state index contributed by atoms with van der Waals surface area (Å²) >= 11 is 9.37. The Balaban J connectivity index is 2.27. The van der Waals surface area contributed by atoms with Crippen LogP contribution in [-0.2, 0) is 0 Å². The van der Waals surface area contributed by atoms with E-state index < -0.39 is 0 Å². The largest absolute Gasteiger partial charge is 0.255 e. The zero-order valence-corrected chi connectivity index (χ0v) is 9.86. The Hall–Kier alpha value is -0.970. The van der Waals surface area contributed by atoms with Crippen molar-refractivity contribution in [3.05, 3.63) is 35.1 Å². The van der Waals surface area contributed by atoms with Crippen LogP contribution < -0.4 is 0 Å². The lowest BCUT2D eigenvalue weighted by Gasteiger charge is -1.88. The Morgan fingerprint density at radius 1 is 1.27 bits per heavy atom. The Morgan fingerprint density at radius 2 is 2.20 bits per heavy atom. The SMILES string of the molecule is Clc1ccnc2cc(-c3cncs3)sc12. The van der Waals surface area contributed by atoms with Crippen molar-refractivity contribution in [2.75, 3.05) is 0 Å². The Labute approximate surface area is 99.2 Å². The van der Waals surface area contributed by atoms with E-state index in [1.807, 2.05) is 17.8 Å². The summed E-state index contributed by atoms with van der Waals surface area (Å²) < 4.78 is 1.04. The second kappa shape index (κ2) is 3.56. The van der Waals surface area contributed by atoms with Gasteiger partial charge in [0.25, 0.3) is 0 Å². The van der Waals surface area contributed by atoms with E-state index in [2.05, 4.69) is 16.0 Å². The molecular formula is C10H5ClN2S2. The molecule has 3 heterocycles. The minimum Gasteiger partial charge on any atom is -0.255 e.